The first-order valence-electron chi connectivity index (χ1n) is 12.0. The Kier molecular flexibility index (Phi) is 7.71. The molecule has 0 amide bonds. The predicted octanol–water partition coefficient (Wildman–Crippen LogP) is 7.07. The summed E-state index contributed by atoms with van der Waals surface area (Å²) in [6, 6.07) is 21.0. The van der Waals surface area contributed by atoms with E-state index in [1.54, 1.807) is 14.2 Å². The highest BCUT2D eigenvalue weighted by atomic mass is 16.5. The van der Waals surface area contributed by atoms with Gasteiger partial charge in [-0.1, -0.05) is 50.2 Å². The number of methoxy groups -OCH3 is 2. The van der Waals surface area contributed by atoms with Crippen molar-refractivity contribution in [3.05, 3.63) is 72.3 Å². The SMILES string of the molecule is CCN(CC)Cc1cc(N=Nc2ccc(-c3ccc(N)c(OC)c3)cc2OC)c2ccccc2c1O. The number of phenolic OH excluding ortho intramolecular Hbond substituents is 1. The summed E-state index contributed by atoms with van der Waals surface area (Å²) in [5.41, 5.74) is 10.6. The van der Waals surface area contributed by atoms with Gasteiger partial charge in [-0.3, -0.25) is 4.90 Å². The molecule has 0 aromatic heterocycles. The third-order valence-corrected chi connectivity index (χ3v) is 6.37. The first-order valence-corrected chi connectivity index (χ1v) is 12.0. The minimum Gasteiger partial charge on any atom is -0.507 e. The number of nitrogen functional groups attached to an aromatic ring is 1. The van der Waals surface area contributed by atoms with Crippen LogP contribution in [0.5, 0.6) is 17.2 Å². The van der Waals surface area contributed by atoms with Crippen molar-refractivity contribution in [2.45, 2.75) is 20.4 Å². The average molecular weight is 485 g/mol. The van der Waals surface area contributed by atoms with E-state index in [1.807, 2.05) is 66.7 Å². The maximum absolute atomic E-state index is 10.9. The Labute approximate surface area is 211 Å². The zero-order chi connectivity index (χ0) is 25.7. The van der Waals surface area contributed by atoms with Gasteiger partial charge in [0.05, 0.1) is 25.6 Å². The maximum Gasteiger partial charge on any atom is 0.146 e. The molecule has 0 saturated carbocycles. The van der Waals surface area contributed by atoms with Gasteiger partial charge in [-0.15, -0.1) is 10.2 Å². The van der Waals surface area contributed by atoms with Gasteiger partial charge < -0.3 is 20.3 Å². The van der Waals surface area contributed by atoms with Crippen molar-refractivity contribution >= 4 is 27.8 Å². The van der Waals surface area contributed by atoms with E-state index in [-0.39, 0.29) is 5.75 Å². The minimum atomic E-state index is 0.289. The second-order valence-corrected chi connectivity index (χ2v) is 8.45. The highest BCUT2D eigenvalue weighted by Crippen LogP contribution is 2.39. The van der Waals surface area contributed by atoms with E-state index in [9.17, 15) is 5.11 Å². The smallest absolute Gasteiger partial charge is 0.146 e. The number of azo groups is 1. The molecule has 0 atom stereocenters. The van der Waals surface area contributed by atoms with Crippen LogP contribution in [0.3, 0.4) is 0 Å². The first kappa shape index (κ1) is 25.0. The molecule has 4 aromatic rings. The van der Waals surface area contributed by atoms with Gasteiger partial charge in [-0.2, -0.15) is 0 Å². The molecule has 0 bridgehead atoms. The van der Waals surface area contributed by atoms with Crippen molar-refractivity contribution in [2.24, 2.45) is 10.2 Å². The van der Waals surface area contributed by atoms with E-state index < -0.39 is 0 Å². The fraction of sp³-hybridized carbons (Fsp3) is 0.241. The van der Waals surface area contributed by atoms with Crippen LogP contribution in [0.2, 0.25) is 0 Å². The van der Waals surface area contributed by atoms with Gasteiger partial charge in [0.25, 0.3) is 0 Å². The van der Waals surface area contributed by atoms with Gasteiger partial charge in [0.2, 0.25) is 0 Å². The van der Waals surface area contributed by atoms with Crippen LogP contribution < -0.4 is 15.2 Å². The molecule has 7 heteroatoms. The monoisotopic (exact) mass is 484 g/mol. The van der Waals surface area contributed by atoms with E-state index in [2.05, 4.69) is 29.0 Å². The molecule has 0 fully saturated rings. The lowest BCUT2D eigenvalue weighted by atomic mass is 10.0. The fourth-order valence-electron chi connectivity index (χ4n) is 4.23. The lowest BCUT2D eigenvalue weighted by Crippen LogP contribution is -2.22. The maximum atomic E-state index is 10.9. The van der Waals surface area contributed by atoms with Crippen LogP contribution >= 0.6 is 0 Å². The van der Waals surface area contributed by atoms with Crippen molar-refractivity contribution in [2.75, 3.05) is 33.0 Å². The molecule has 186 valence electrons. The van der Waals surface area contributed by atoms with Gasteiger partial charge in [0, 0.05) is 22.9 Å². The average Bonchev–Trinajstić information content (AvgIpc) is 2.92. The summed E-state index contributed by atoms with van der Waals surface area (Å²) in [6.45, 7) is 6.64. The lowest BCUT2D eigenvalue weighted by Gasteiger charge is -2.19. The van der Waals surface area contributed by atoms with Crippen molar-refractivity contribution in [3.63, 3.8) is 0 Å². The molecule has 0 unspecified atom stereocenters. The third-order valence-electron chi connectivity index (χ3n) is 6.37. The molecule has 7 nitrogen and oxygen atoms in total. The summed E-state index contributed by atoms with van der Waals surface area (Å²) in [6.07, 6.45) is 0. The van der Waals surface area contributed by atoms with Crippen LogP contribution in [0.15, 0.2) is 77.0 Å². The molecule has 0 heterocycles. The molecule has 4 aromatic carbocycles. The van der Waals surface area contributed by atoms with Crippen LogP contribution in [0.1, 0.15) is 19.4 Å². The second-order valence-electron chi connectivity index (χ2n) is 8.45. The highest BCUT2D eigenvalue weighted by Gasteiger charge is 2.14. The molecule has 0 spiro atoms. The Morgan fingerprint density at radius 2 is 1.39 bits per heavy atom. The number of hydrogen-bond donors (Lipinski definition) is 2. The predicted molar refractivity (Wildman–Crippen MR) is 146 cm³/mol. The molecule has 0 aliphatic rings. The van der Waals surface area contributed by atoms with Gasteiger partial charge in [0.1, 0.15) is 22.9 Å². The molecule has 4 rings (SSSR count). The van der Waals surface area contributed by atoms with Gasteiger partial charge in [-0.05, 0) is 54.5 Å². The number of ether oxygens (including phenoxy) is 2. The standard InChI is InChI=1S/C29H32N4O3/c1-5-33(6-2)18-21-15-26(22-9-7-8-10-23(22)29(21)34)32-31-25-14-12-20(17-28(25)36-4)19-11-13-24(30)27(16-19)35-3/h7-17,34H,5-6,18,30H2,1-4H3. The van der Waals surface area contributed by atoms with Gasteiger partial charge in [0.15, 0.2) is 0 Å². The Hall–Kier alpha value is -4.10. The number of hydrogen-bond acceptors (Lipinski definition) is 7. The molecular weight excluding hydrogens is 452 g/mol. The normalized spacial score (nSPS) is 11.5. The zero-order valence-corrected chi connectivity index (χ0v) is 21.2. The Balaban J connectivity index is 1.73. The van der Waals surface area contributed by atoms with Crippen molar-refractivity contribution in [1.82, 2.24) is 4.90 Å². The quantitative estimate of drug-likeness (QED) is 0.196. The number of anilines is 1. The van der Waals surface area contributed by atoms with Crippen LogP contribution in [0.4, 0.5) is 17.1 Å². The van der Waals surface area contributed by atoms with Crippen LogP contribution in [0.25, 0.3) is 21.9 Å². The molecular formula is C29H32N4O3. The van der Waals surface area contributed by atoms with E-state index in [0.717, 1.165) is 40.6 Å². The number of rotatable bonds is 9. The summed E-state index contributed by atoms with van der Waals surface area (Å²) >= 11 is 0. The van der Waals surface area contributed by atoms with E-state index in [4.69, 9.17) is 15.2 Å². The van der Waals surface area contributed by atoms with Crippen molar-refractivity contribution in [3.8, 4) is 28.4 Å². The molecule has 0 radical (unpaired) electrons. The zero-order valence-electron chi connectivity index (χ0n) is 21.2. The molecule has 36 heavy (non-hydrogen) atoms. The highest BCUT2D eigenvalue weighted by molar-refractivity contribution is 5.97. The summed E-state index contributed by atoms with van der Waals surface area (Å²) in [5, 5.41) is 21.7. The number of benzene rings is 4. The van der Waals surface area contributed by atoms with Crippen LogP contribution in [0, 0.1) is 0 Å². The molecule has 0 saturated heterocycles. The number of aromatic hydroxyl groups is 1. The van der Waals surface area contributed by atoms with Crippen molar-refractivity contribution in [1.29, 1.82) is 0 Å². The Bertz CT molecular complexity index is 1400. The molecule has 0 aliphatic carbocycles. The van der Waals surface area contributed by atoms with Gasteiger partial charge in [-0.25, -0.2) is 0 Å². The summed E-state index contributed by atoms with van der Waals surface area (Å²) in [5.74, 6) is 1.51. The molecule has 3 N–H and O–H groups in total. The first-order chi connectivity index (χ1) is 17.5. The topological polar surface area (TPSA) is 92.7 Å². The number of fused-ring (bicyclic) bond motifs is 1. The fourth-order valence-corrected chi connectivity index (χ4v) is 4.23. The molecule has 0 aliphatic heterocycles. The number of nitrogens with zero attached hydrogens (tertiary/aromatic N) is 3. The Morgan fingerprint density at radius 3 is 2.06 bits per heavy atom. The largest absolute Gasteiger partial charge is 0.507 e. The number of phenols is 1. The van der Waals surface area contributed by atoms with E-state index >= 15 is 0 Å². The van der Waals surface area contributed by atoms with E-state index in [0.29, 0.717) is 35.1 Å². The van der Waals surface area contributed by atoms with Crippen LogP contribution in [-0.2, 0) is 6.54 Å². The Morgan fingerprint density at radius 1 is 0.778 bits per heavy atom. The third kappa shape index (κ3) is 5.11. The van der Waals surface area contributed by atoms with Crippen molar-refractivity contribution < 1.29 is 14.6 Å². The summed E-state index contributed by atoms with van der Waals surface area (Å²) in [7, 11) is 3.21. The second kappa shape index (κ2) is 11.1. The minimum absolute atomic E-state index is 0.289. The van der Waals surface area contributed by atoms with E-state index in [1.165, 1.54) is 0 Å². The summed E-state index contributed by atoms with van der Waals surface area (Å²) in [4.78, 5) is 2.25. The number of nitrogens with two attached hydrogens (primary N) is 1. The van der Waals surface area contributed by atoms with Crippen LogP contribution in [-0.4, -0.2) is 37.3 Å². The summed E-state index contributed by atoms with van der Waals surface area (Å²) < 4.78 is 11.0. The lowest BCUT2D eigenvalue weighted by molar-refractivity contribution is 0.291. The van der Waals surface area contributed by atoms with Gasteiger partial charge >= 0.3 is 0 Å².